The van der Waals surface area contributed by atoms with Gasteiger partial charge < -0.3 is 15.2 Å². The molecule has 0 unspecified atom stereocenters. The van der Waals surface area contributed by atoms with E-state index in [-0.39, 0.29) is 17.2 Å². The van der Waals surface area contributed by atoms with Crippen LogP contribution in [-0.2, 0) is 0 Å². The van der Waals surface area contributed by atoms with Gasteiger partial charge in [0.25, 0.3) is 11.8 Å². The topological polar surface area (TPSA) is 100 Å². The maximum absolute atomic E-state index is 12.5. The standard InChI is InChI=1S/C20H17N3O4S/c1-27-14-8-9-17(24)13(11-14)12-21-23-19(25)15-5-2-3-6-16(15)22-20(26)18-7-4-10-28-18/h2-12,24H,1H3,(H,22,26)(H,23,25). The first kappa shape index (κ1) is 19.1. The van der Waals surface area contributed by atoms with Crippen molar-refractivity contribution in [2.75, 3.05) is 12.4 Å². The smallest absolute Gasteiger partial charge is 0.273 e. The molecule has 0 atom stereocenters. The van der Waals surface area contributed by atoms with Crippen LogP contribution in [-0.4, -0.2) is 30.2 Å². The maximum atomic E-state index is 12.5. The number of nitrogens with zero attached hydrogens (tertiary/aromatic N) is 1. The lowest BCUT2D eigenvalue weighted by Gasteiger charge is -2.09. The van der Waals surface area contributed by atoms with Crippen LogP contribution in [0.4, 0.5) is 5.69 Å². The number of benzene rings is 2. The SMILES string of the molecule is COc1ccc(O)c(C=NNC(=O)c2ccccc2NC(=O)c2cccs2)c1. The van der Waals surface area contributed by atoms with Crippen LogP contribution in [0.2, 0.25) is 0 Å². The number of nitrogens with one attached hydrogen (secondary N) is 2. The summed E-state index contributed by atoms with van der Waals surface area (Å²) in [6.45, 7) is 0. The molecule has 0 saturated carbocycles. The lowest BCUT2D eigenvalue weighted by Crippen LogP contribution is -2.21. The molecule has 0 aliphatic carbocycles. The van der Waals surface area contributed by atoms with Crippen molar-refractivity contribution in [3.05, 3.63) is 76.0 Å². The van der Waals surface area contributed by atoms with Crippen LogP contribution in [0, 0.1) is 0 Å². The van der Waals surface area contributed by atoms with Crippen LogP contribution >= 0.6 is 11.3 Å². The van der Waals surface area contributed by atoms with E-state index < -0.39 is 5.91 Å². The van der Waals surface area contributed by atoms with E-state index in [9.17, 15) is 14.7 Å². The Labute approximate surface area is 165 Å². The van der Waals surface area contributed by atoms with Crippen molar-refractivity contribution >= 4 is 35.1 Å². The summed E-state index contributed by atoms with van der Waals surface area (Å²) >= 11 is 1.31. The number of ether oxygens (including phenoxy) is 1. The van der Waals surface area contributed by atoms with Gasteiger partial charge in [0.05, 0.1) is 29.5 Å². The van der Waals surface area contributed by atoms with Crippen molar-refractivity contribution in [2.24, 2.45) is 5.10 Å². The van der Waals surface area contributed by atoms with Crippen LogP contribution in [0.3, 0.4) is 0 Å². The van der Waals surface area contributed by atoms with Crippen LogP contribution in [0.25, 0.3) is 0 Å². The molecule has 7 nitrogen and oxygen atoms in total. The van der Waals surface area contributed by atoms with Crippen LogP contribution < -0.4 is 15.5 Å². The Morgan fingerprint density at radius 3 is 2.68 bits per heavy atom. The highest BCUT2D eigenvalue weighted by atomic mass is 32.1. The van der Waals surface area contributed by atoms with Crippen molar-refractivity contribution in [3.8, 4) is 11.5 Å². The summed E-state index contributed by atoms with van der Waals surface area (Å²) in [6.07, 6.45) is 1.31. The molecule has 3 aromatic rings. The van der Waals surface area contributed by atoms with Gasteiger partial charge in [-0.05, 0) is 41.8 Å². The third-order valence-electron chi connectivity index (χ3n) is 3.77. The highest BCUT2D eigenvalue weighted by Gasteiger charge is 2.14. The predicted molar refractivity (Wildman–Crippen MR) is 108 cm³/mol. The minimum absolute atomic E-state index is 0.00223. The molecule has 0 bridgehead atoms. The summed E-state index contributed by atoms with van der Waals surface area (Å²) in [5.41, 5.74) is 3.41. The number of phenolic OH excluding ortho intramolecular Hbond substituents is 1. The molecule has 142 valence electrons. The molecule has 0 aliphatic heterocycles. The number of phenols is 1. The summed E-state index contributed by atoms with van der Waals surface area (Å²) < 4.78 is 5.09. The Kier molecular flexibility index (Phi) is 6.03. The molecule has 0 spiro atoms. The molecular weight excluding hydrogens is 378 g/mol. The molecule has 0 fully saturated rings. The third kappa shape index (κ3) is 4.54. The van der Waals surface area contributed by atoms with Gasteiger partial charge >= 0.3 is 0 Å². The molecule has 1 heterocycles. The van der Waals surface area contributed by atoms with E-state index in [1.807, 2.05) is 0 Å². The number of thiophene rings is 1. The fourth-order valence-electron chi connectivity index (χ4n) is 2.37. The van der Waals surface area contributed by atoms with Crippen molar-refractivity contribution in [1.29, 1.82) is 0 Å². The highest BCUT2D eigenvalue weighted by Crippen LogP contribution is 2.21. The molecule has 28 heavy (non-hydrogen) atoms. The van der Waals surface area contributed by atoms with Gasteiger partial charge in [0, 0.05) is 5.56 Å². The minimum atomic E-state index is -0.499. The zero-order chi connectivity index (χ0) is 19.9. The second kappa shape index (κ2) is 8.83. The number of methoxy groups -OCH3 is 1. The molecule has 0 radical (unpaired) electrons. The van der Waals surface area contributed by atoms with E-state index in [2.05, 4.69) is 15.8 Å². The molecule has 0 aliphatic rings. The number of para-hydroxylation sites is 1. The Morgan fingerprint density at radius 1 is 1.11 bits per heavy atom. The average Bonchev–Trinajstić information content (AvgIpc) is 3.25. The van der Waals surface area contributed by atoms with E-state index in [4.69, 9.17) is 4.74 Å². The fraction of sp³-hybridized carbons (Fsp3) is 0.0500. The number of hydrazone groups is 1. The highest BCUT2D eigenvalue weighted by molar-refractivity contribution is 7.12. The van der Waals surface area contributed by atoms with E-state index >= 15 is 0 Å². The molecule has 0 saturated heterocycles. The average molecular weight is 395 g/mol. The number of carbonyl (C=O) groups excluding carboxylic acids is 2. The Hall–Kier alpha value is -3.65. The van der Waals surface area contributed by atoms with E-state index in [0.717, 1.165) is 0 Å². The van der Waals surface area contributed by atoms with Crippen LogP contribution in [0.1, 0.15) is 25.6 Å². The second-order valence-electron chi connectivity index (χ2n) is 5.60. The molecule has 1 aromatic heterocycles. The summed E-state index contributed by atoms with van der Waals surface area (Å²) in [6, 6.07) is 14.8. The number of anilines is 1. The Morgan fingerprint density at radius 2 is 1.93 bits per heavy atom. The van der Waals surface area contributed by atoms with Gasteiger partial charge in [-0.1, -0.05) is 18.2 Å². The van der Waals surface area contributed by atoms with E-state index in [1.54, 1.807) is 53.9 Å². The number of aromatic hydroxyl groups is 1. The fourth-order valence-corrected chi connectivity index (χ4v) is 2.98. The van der Waals surface area contributed by atoms with Crippen LogP contribution in [0.5, 0.6) is 11.5 Å². The summed E-state index contributed by atoms with van der Waals surface area (Å²) in [5, 5.41) is 18.2. The maximum Gasteiger partial charge on any atom is 0.273 e. The van der Waals surface area contributed by atoms with Crippen LogP contribution in [0.15, 0.2) is 65.1 Å². The largest absolute Gasteiger partial charge is 0.507 e. The van der Waals surface area contributed by atoms with Gasteiger partial charge in [-0.3, -0.25) is 9.59 Å². The molecule has 3 rings (SSSR count). The van der Waals surface area contributed by atoms with E-state index in [0.29, 0.717) is 21.9 Å². The lowest BCUT2D eigenvalue weighted by atomic mass is 10.1. The van der Waals surface area contributed by atoms with Gasteiger partial charge in [0.1, 0.15) is 11.5 Å². The lowest BCUT2D eigenvalue weighted by molar-refractivity contribution is 0.0956. The molecular formula is C20H17N3O4S. The second-order valence-corrected chi connectivity index (χ2v) is 6.55. The Bertz CT molecular complexity index is 1020. The first-order chi connectivity index (χ1) is 13.6. The van der Waals surface area contributed by atoms with Crippen molar-refractivity contribution in [3.63, 3.8) is 0 Å². The Balaban J connectivity index is 1.72. The van der Waals surface area contributed by atoms with Gasteiger partial charge in [-0.2, -0.15) is 5.10 Å². The first-order valence-electron chi connectivity index (χ1n) is 8.23. The summed E-state index contributed by atoms with van der Waals surface area (Å²) in [4.78, 5) is 25.3. The number of carbonyl (C=O) groups is 2. The molecule has 2 aromatic carbocycles. The monoisotopic (exact) mass is 395 g/mol. The number of rotatable bonds is 6. The third-order valence-corrected chi connectivity index (χ3v) is 4.64. The quantitative estimate of drug-likeness (QED) is 0.439. The molecule has 3 N–H and O–H groups in total. The zero-order valence-corrected chi connectivity index (χ0v) is 15.7. The first-order valence-corrected chi connectivity index (χ1v) is 9.10. The van der Waals surface area contributed by atoms with Crippen molar-refractivity contribution < 1.29 is 19.4 Å². The van der Waals surface area contributed by atoms with Gasteiger partial charge in [0.15, 0.2) is 0 Å². The number of hydrogen-bond donors (Lipinski definition) is 3. The number of hydrogen-bond acceptors (Lipinski definition) is 6. The number of amides is 2. The molecule has 2 amide bonds. The predicted octanol–water partition coefficient (Wildman–Crippen LogP) is 3.48. The zero-order valence-electron chi connectivity index (χ0n) is 14.9. The van der Waals surface area contributed by atoms with Crippen molar-refractivity contribution in [2.45, 2.75) is 0 Å². The normalized spacial score (nSPS) is 10.6. The molecule has 8 heteroatoms. The van der Waals surface area contributed by atoms with E-state index in [1.165, 1.54) is 30.7 Å². The summed E-state index contributed by atoms with van der Waals surface area (Å²) in [5.74, 6) is -0.240. The van der Waals surface area contributed by atoms with Crippen molar-refractivity contribution in [1.82, 2.24) is 5.43 Å². The van der Waals surface area contributed by atoms with Gasteiger partial charge in [-0.15, -0.1) is 11.3 Å². The van der Waals surface area contributed by atoms with Gasteiger partial charge in [-0.25, -0.2) is 5.43 Å². The van der Waals surface area contributed by atoms with Gasteiger partial charge in [0.2, 0.25) is 0 Å². The minimum Gasteiger partial charge on any atom is -0.507 e. The summed E-state index contributed by atoms with van der Waals surface area (Å²) in [7, 11) is 1.51.